The Kier molecular flexibility index (Phi) is 4.87. The van der Waals surface area contributed by atoms with Crippen LogP contribution in [0.1, 0.15) is 45.2 Å². The molecule has 1 aromatic carbocycles. The smallest absolute Gasteiger partial charge is 0.130 e. The van der Waals surface area contributed by atoms with Crippen molar-refractivity contribution in [2.75, 3.05) is 0 Å². The number of hydrogen-bond donors (Lipinski definition) is 1. The predicted octanol–water partition coefficient (Wildman–Crippen LogP) is 3.80. The molecule has 16 heavy (non-hydrogen) atoms. The minimum Gasteiger partial charge on any atom is -0.307 e. The van der Waals surface area contributed by atoms with Gasteiger partial charge < -0.3 is 5.32 Å². The van der Waals surface area contributed by atoms with Crippen LogP contribution < -0.4 is 5.32 Å². The highest BCUT2D eigenvalue weighted by atomic mass is 19.1. The van der Waals surface area contributed by atoms with Crippen molar-refractivity contribution in [3.8, 4) is 0 Å². The van der Waals surface area contributed by atoms with Gasteiger partial charge in [0.15, 0.2) is 0 Å². The summed E-state index contributed by atoms with van der Waals surface area (Å²) in [5, 5.41) is 3.23. The molecule has 0 aliphatic heterocycles. The molecular weight excluding hydrogens is 208 g/mol. The predicted molar refractivity (Wildman–Crippen MR) is 62.3 cm³/mol. The summed E-state index contributed by atoms with van der Waals surface area (Å²) in [6.45, 7) is 5.91. The van der Waals surface area contributed by atoms with E-state index in [9.17, 15) is 8.78 Å². The monoisotopic (exact) mass is 227 g/mol. The fourth-order valence-electron chi connectivity index (χ4n) is 1.89. The maximum absolute atomic E-state index is 13.5. The Bertz CT molecular complexity index is 314. The highest BCUT2D eigenvalue weighted by Gasteiger charge is 2.17. The summed E-state index contributed by atoms with van der Waals surface area (Å²) in [4.78, 5) is 0. The molecule has 0 spiro atoms. The number of rotatable bonds is 5. The van der Waals surface area contributed by atoms with Crippen LogP contribution in [0.25, 0.3) is 0 Å². The highest BCUT2D eigenvalue weighted by molar-refractivity contribution is 5.22. The van der Waals surface area contributed by atoms with Crippen LogP contribution in [0, 0.1) is 11.6 Å². The molecule has 0 amide bonds. The average Bonchev–Trinajstić information content (AvgIpc) is 2.25. The molecule has 1 rings (SSSR count). The van der Waals surface area contributed by atoms with E-state index >= 15 is 0 Å². The van der Waals surface area contributed by atoms with Crippen molar-refractivity contribution in [1.82, 2.24) is 5.32 Å². The first-order chi connectivity index (χ1) is 7.60. The molecule has 1 unspecified atom stereocenters. The molecule has 90 valence electrons. The second-order valence-electron chi connectivity index (χ2n) is 4.04. The maximum atomic E-state index is 13.5. The molecule has 0 fully saturated rings. The van der Waals surface area contributed by atoms with E-state index in [1.807, 2.05) is 0 Å². The van der Waals surface area contributed by atoms with Gasteiger partial charge in [0.25, 0.3) is 0 Å². The number of nitrogens with one attached hydrogen (secondary N) is 1. The Labute approximate surface area is 95.9 Å². The number of benzene rings is 1. The van der Waals surface area contributed by atoms with Gasteiger partial charge in [0.05, 0.1) is 0 Å². The van der Waals surface area contributed by atoms with Gasteiger partial charge in [-0.25, -0.2) is 8.78 Å². The third-order valence-corrected chi connectivity index (χ3v) is 2.90. The second kappa shape index (κ2) is 5.94. The molecule has 1 atom stereocenters. The molecule has 0 saturated heterocycles. The van der Waals surface area contributed by atoms with Gasteiger partial charge in [0, 0.05) is 17.6 Å². The Morgan fingerprint density at radius 3 is 2.06 bits per heavy atom. The summed E-state index contributed by atoms with van der Waals surface area (Å²) in [5.74, 6) is -0.961. The zero-order valence-corrected chi connectivity index (χ0v) is 10.1. The van der Waals surface area contributed by atoms with Crippen LogP contribution in [0.4, 0.5) is 8.78 Å². The first-order valence-corrected chi connectivity index (χ1v) is 5.80. The summed E-state index contributed by atoms with van der Waals surface area (Å²) in [7, 11) is 0. The molecule has 0 bridgehead atoms. The standard InChI is InChI=1S/C13H19F2N/c1-4-10(5-2)16-9(3)13-11(14)7-6-8-12(13)15/h6-10,16H,4-5H2,1-3H3. The van der Waals surface area contributed by atoms with E-state index in [2.05, 4.69) is 19.2 Å². The van der Waals surface area contributed by atoms with Crippen molar-refractivity contribution < 1.29 is 8.78 Å². The van der Waals surface area contributed by atoms with E-state index in [0.29, 0.717) is 6.04 Å². The van der Waals surface area contributed by atoms with Crippen LogP contribution in [0.2, 0.25) is 0 Å². The zero-order chi connectivity index (χ0) is 12.1. The Morgan fingerprint density at radius 1 is 1.12 bits per heavy atom. The maximum Gasteiger partial charge on any atom is 0.130 e. The molecular formula is C13H19F2N. The van der Waals surface area contributed by atoms with Crippen molar-refractivity contribution in [1.29, 1.82) is 0 Å². The molecule has 0 heterocycles. The molecule has 1 nitrogen and oxygen atoms in total. The van der Waals surface area contributed by atoms with Crippen LogP contribution in [-0.4, -0.2) is 6.04 Å². The van der Waals surface area contributed by atoms with E-state index in [1.165, 1.54) is 18.2 Å². The van der Waals surface area contributed by atoms with Gasteiger partial charge >= 0.3 is 0 Å². The number of hydrogen-bond acceptors (Lipinski definition) is 1. The third-order valence-electron chi connectivity index (χ3n) is 2.90. The highest BCUT2D eigenvalue weighted by Crippen LogP contribution is 2.21. The van der Waals surface area contributed by atoms with E-state index in [0.717, 1.165) is 12.8 Å². The van der Waals surface area contributed by atoms with Gasteiger partial charge in [-0.15, -0.1) is 0 Å². The lowest BCUT2D eigenvalue weighted by atomic mass is 10.0. The topological polar surface area (TPSA) is 12.0 Å². The van der Waals surface area contributed by atoms with Crippen molar-refractivity contribution in [2.24, 2.45) is 0 Å². The molecule has 0 saturated carbocycles. The van der Waals surface area contributed by atoms with E-state index in [-0.39, 0.29) is 11.6 Å². The number of halogens is 2. The van der Waals surface area contributed by atoms with Crippen molar-refractivity contribution >= 4 is 0 Å². The SMILES string of the molecule is CCC(CC)NC(C)c1c(F)cccc1F. The summed E-state index contributed by atoms with van der Waals surface area (Å²) < 4.78 is 27.0. The van der Waals surface area contributed by atoms with Crippen molar-refractivity contribution in [3.05, 3.63) is 35.4 Å². The van der Waals surface area contributed by atoms with Crippen LogP contribution in [0.15, 0.2) is 18.2 Å². The molecule has 1 N–H and O–H groups in total. The zero-order valence-electron chi connectivity index (χ0n) is 10.1. The molecule has 0 aromatic heterocycles. The lowest BCUT2D eigenvalue weighted by Crippen LogP contribution is -2.31. The van der Waals surface area contributed by atoms with Crippen LogP contribution in [-0.2, 0) is 0 Å². The Balaban J connectivity index is 2.83. The minimum absolute atomic E-state index is 0.134. The molecule has 0 aliphatic carbocycles. The molecule has 1 aromatic rings. The molecule has 3 heteroatoms. The van der Waals surface area contributed by atoms with Gasteiger partial charge in [-0.05, 0) is 31.9 Å². The summed E-state index contributed by atoms with van der Waals surface area (Å²) >= 11 is 0. The quantitative estimate of drug-likeness (QED) is 0.806. The fourth-order valence-corrected chi connectivity index (χ4v) is 1.89. The summed E-state index contributed by atoms with van der Waals surface area (Å²) in [6.07, 6.45) is 1.91. The Morgan fingerprint density at radius 2 is 1.62 bits per heavy atom. The largest absolute Gasteiger partial charge is 0.307 e. The van der Waals surface area contributed by atoms with E-state index in [4.69, 9.17) is 0 Å². The van der Waals surface area contributed by atoms with Gasteiger partial charge in [-0.3, -0.25) is 0 Å². The van der Waals surface area contributed by atoms with Crippen LogP contribution >= 0.6 is 0 Å². The summed E-state index contributed by atoms with van der Waals surface area (Å²) in [6, 6.07) is 3.98. The van der Waals surface area contributed by atoms with E-state index < -0.39 is 11.6 Å². The minimum atomic E-state index is -0.481. The lowest BCUT2D eigenvalue weighted by Gasteiger charge is -2.22. The Hall–Kier alpha value is -0.960. The first kappa shape index (κ1) is 13.1. The van der Waals surface area contributed by atoms with Crippen LogP contribution in [0.3, 0.4) is 0 Å². The summed E-state index contributed by atoms with van der Waals surface area (Å²) in [5.41, 5.74) is 0.134. The van der Waals surface area contributed by atoms with Gasteiger partial charge in [0.2, 0.25) is 0 Å². The molecule has 0 aliphatic rings. The first-order valence-electron chi connectivity index (χ1n) is 5.80. The normalized spacial score (nSPS) is 13.1. The van der Waals surface area contributed by atoms with Gasteiger partial charge in [-0.1, -0.05) is 19.9 Å². The second-order valence-corrected chi connectivity index (χ2v) is 4.04. The third kappa shape index (κ3) is 3.01. The van der Waals surface area contributed by atoms with E-state index in [1.54, 1.807) is 6.92 Å². The van der Waals surface area contributed by atoms with Crippen molar-refractivity contribution in [2.45, 2.75) is 45.7 Å². The lowest BCUT2D eigenvalue weighted by molar-refractivity contribution is 0.409. The fraction of sp³-hybridized carbons (Fsp3) is 0.538. The van der Waals surface area contributed by atoms with Gasteiger partial charge in [-0.2, -0.15) is 0 Å². The van der Waals surface area contributed by atoms with Gasteiger partial charge in [0.1, 0.15) is 11.6 Å². The van der Waals surface area contributed by atoms with Crippen molar-refractivity contribution in [3.63, 3.8) is 0 Å². The molecule has 0 radical (unpaired) electrons. The average molecular weight is 227 g/mol. The van der Waals surface area contributed by atoms with Crippen LogP contribution in [0.5, 0.6) is 0 Å².